The molecule has 6 nitrogen and oxygen atoms in total. The van der Waals surface area contributed by atoms with Gasteiger partial charge in [0.25, 0.3) is 5.91 Å². The van der Waals surface area contributed by atoms with Crippen molar-refractivity contribution in [3.05, 3.63) is 60.2 Å². The van der Waals surface area contributed by atoms with Crippen molar-refractivity contribution in [2.24, 2.45) is 0 Å². The number of aliphatic hydroxyl groups is 1. The summed E-state index contributed by atoms with van der Waals surface area (Å²) >= 11 is 0. The van der Waals surface area contributed by atoms with E-state index in [1.807, 2.05) is 36.4 Å². The van der Waals surface area contributed by atoms with Crippen LogP contribution in [-0.2, 0) is 16.1 Å². The van der Waals surface area contributed by atoms with Gasteiger partial charge in [-0.2, -0.15) is 0 Å². The Morgan fingerprint density at radius 3 is 2.50 bits per heavy atom. The molecule has 1 unspecified atom stereocenters. The van der Waals surface area contributed by atoms with Crippen molar-refractivity contribution in [3.63, 3.8) is 0 Å². The average Bonchev–Trinajstić information content (AvgIpc) is 2.86. The van der Waals surface area contributed by atoms with Crippen LogP contribution in [0, 0.1) is 0 Å². The molecule has 1 heterocycles. The number of benzene rings is 2. The maximum atomic E-state index is 12.1. The van der Waals surface area contributed by atoms with Crippen molar-refractivity contribution in [3.8, 4) is 11.5 Å². The van der Waals surface area contributed by atoms with Crippen molar-refractivity contribution >= 4 is 11.9 Å². The van der Waals surface area contributed by atoms with Crippen LogP contribution in [0.2, 0.25) is 0 Å². The summed E-state index contributed by atoms with van der Waals surface area (Å²) in [6.07, 6.45) is -0.110. The average molecular weight is 327 g/mol. The van der Waals surface area contributed by atoms with Gasteiger partial charge in [0.2, 0.25) is 5.60 Å². The number of likely N-dealkylation sites (tertiary alicyclic amines) is 1. The van der Waals surface area contributed by atoms with Gasteiger partial charge in [0.1, 0.15) is 11.5 Å². The third-order valence-corrected chi connectivity index (χ3v) is 3.99. The van der Waals surface area contributed by atoms with E-state index < -0.39 is 17.5 Å². The first-order valence-corrected chi connectivity index (χ1v) is 7.56. The smallest absolute Gasteiger partial charge is 0.345 e. The van der Waals surface area contributed by atoms with Crippen LogP contribution >= 0.6 is 0 Å². The Morgan fingerprint density at radius 1 is 1.12 bits per heavy atom. The topological polar surface area (TPSA) is 87.1 Å². The van der Waals surface area contributed by atoms with E-state index >= 15 is 0 Å². The number of aliphatic carboxylic acids is 1. The van der Waals surface area contributed by atoms with Crippen LogP contribution < -0.4 is 4.74 Å². The lowest BCUT2D eigenvalue weighted by Gasteiger charge is -2.19. The monoisotopic (exact) mass is 327 g/mol. The van der Waals surface area contributed by atoms with Gasteiger partial charge in [-0.1, -0.05) is 30.3 Å². The third-order valence-electron chi connectivity index (χ3n) is 3.99. The highest BCUT2D eigenvalue weighted by Crippen LogP contribution is 2.27. The Kier molecular flexibility index (Phi) is 4.22. The zero-order valence-electron chi connectivity index (χ0n) is 12.9. The first-order valence-electron chi connectivity index (χ1n) is 7.56. The summed E-state index contributed by atoms with van der Waals surface area (Å²) < 4.78 is 5.74. The third kappa shape index (κ3) is 3.09. The van der Waals surface area contributed by atoms with Gasteiger partial charge in [-0.25, -0.2) is 4.79 Å². The standard InChI is InChI=1S/C18H17NO5/c20-16-18(23,17(21)22)9-10-19(16)12-13-5-4-8-15(11-13)24-14-6-2-1-3-7-14/h1-8,11,23H,9-10,12H2,(H,21,22). The zero-order valence-corrected chi connectivity index (χ0v) is 12.9. The second-order valence-corrected chi connectivity index (χ2v) is 5.70. The molecule has 24 heavy (non-hydrogen) atoms. The molecular formula is C18H17NO5. The number of hydrogen-bond acceptors (Lipinski definition) is 4. The SMILES string of the molecule is O=C(O)C1(O)CCN(Cc2cccc(Oc3ccccc3)c2)C1=O. The largest absolute Gasteiger partial charge is 0.479 e. The first kappa shape index (κ1) is 16.0. The summed E-state index contributed by atoms with van der Waals surface area (Å²) in [5.74, 6) is -0.952. The van der Waals surface area contributed by atoms with Gasteiger partial charge >= 0.3 is 5.97 Å². The van der Waals surface area contributed by atoms with Gasteiger partial charge in [0.05, 0.1) is 0 Å². The fourth-order valence-electron chi connectivity index (χ4n) is 2.67. The molecule has 0 aliphatic carbocycles. The maximum Gasteiger partial charge on any atom is 0.345 e. The summed E-state index contributed by atoms with van der Waals surface area (Å²) in [6, 6.07) is 16.5. The van der Waals surface area contributed by atoms with E-state index in [1.165, 1.54) is 4.90 Å². The molecule has 1 atom stereocenters. The fraction of sp³-hybridized carbons (Fsp3) is 0.222. The van der Waals surface area contributed by atoms with Crippen molar-refractivity contribution in [1.29, 1.82) is 0 Å². The summed E-state index contributed by atoms with van der Waals surface area (Å²) in [6.45, 7) is 0.422. The van der Waals surface area contributed by atoms with E-state index in [0.29, 0.717) is 11.5 Å². The van der Waals surface area contributed by atoms with Crippen LogP contribution in [-0.4, -0.2) is 39.1 Å². The minimum Gasteiger partial charge on any atom is -0.479 e. The maximum absolute atomic E-state index is 12.1. The Hall–Kier alpha value is -2.86. The highest BCUT2D eigenvalue weighted by molar-refractivity contribution is 6.06. The van der Waals surface area contributed by atoms with E-state index in [9.17, 15) is 14.7 Å². The second-order valence-electron chi connectivity index (χ2n) is 5.70. The van der Waals surface area contributed by atoms with E-state index in [-0.39, 0.29) is 19.5 Å². The molecule has 2 N–H and O–H groups in total. The van der Waals surface area contributed by atoms with Gasteiger partial charge in [-0.05, 0) is 29.8 Å². The number of carbonyl (C=O) groups excluding carboxylic acids is 1. The minimum absolute atomic E-state index is 0.110. The van der Waals surface area contributed by atoms with Crippen LogP contribution in [0.3, 0.4) is 0 Å². The van der Waals surface area contributed by atoms with Crippen LogP contribution in [0.15, 0.2) is 54.6 Å². The molecule has 6 heteroatoms. The van der Waals surface area contributed by atoms with Crippen molar-refractivity contribution in [1.82, 2.24) is 4.90 Å². The molecule has 0 spiro atoms. The lowest BCUT2D eigenvalue weighted by Crippen LogP contribution is -2.46. The van der Waals surface area contributed by atoms with Gasteiger partial charge in [0, 0.05) is 19.5 Å². The summed E-state index contributed by atoms with van der Waals surface area (Å²) in [7, 11) is 0. The Bertz CT molecular complexity index is 761. The van der Waals surface area contributed by atoms with E-state index in [2.05, 4.69) is 0 Å². The van der Waals surface area contributed by atoms with Crippen molar-refractivity contribution < 1.29 is 24.5 Å². The predicted octanol–water partition coefficient (Wildman–Crippen LogP) is 2.03. The molecule has 124 valence electrons. The molecular weight excluding hydrogens is 310 g/mol. The highest BCUT2D eigenvalue weighted by atomic mass is 16.5. The molecule has 1 saturated heterocycles. The molecule has 2 aromatic rings. The zero-order chi connectivity index (χ0) is 17.2. The van der Waals surface area contributed by atoms with Gasteiger partial charge in [0.15, 0.2) is 0 Å². The number of amides is 1. The Labute approximate surface area is 138 Å². The Balaban J connectivity index is 1.72. The van der Waals surface area contributed by atoms with Gasteiger partial charge < -0.3 is 19.8 Å². The molecule has 1 amide bonds. The number of hydrogen-bond donors (Lipinski definition) is 2. The van der Waals surface area contributed by atoms with E-state index in [1.54, 1.807) is 18.2 Å². The number of para-hydroxylation sites is 1. The molecule has 0 saturated carbocycles. The molecule has 1 fully saturated rings. The minimum atomic E-state index is -2.31. The van der Waals surface area contributed by atoms with Crippen LogP contribution in [0.4, 0.5) is 0 Å². The molecule has 0 radical (unpaired) electrons. The number of carboxylic acids is 1. The van der Waals surface area contributed by atoms with Crippen LogP contribution in [0.25, 0.3) is 0 Å². The van der Waals surface area contributed by atoms with Crippen LogP contribution in [0.1, 0.15) is 12.0 Å². The highest BCUT2D eigenvalue weighted by Gasteiger charge is 2.51. The number of nitrogens with zero attached hydrogens (tertiary/aromatic N) is 1. The number of carbonyl (C=O) groups is 2. The lowest BCUT2D eigenvalue weighted by atomic mass is 10.0. The van der Waals surface area contributed by atoms with E-state index in [4.69, 9.17) is 9.84 Å². The van der Waals surface area contributed by atoms with Gasteiger partial charge in [-0.15, -0.1) is 0 Å². The Morgan fingerprint density at radius 2 is 1.83 bits per heavy atom. The van der Waals surface area contributed by atoms with E-state index in [0.717, 1.165) is 5.56 Å². The van der Waals surface area contributed by atoms with Crippen molar-refractivity contribution in [2.45, 2.75) is 18.6 Å². The summed E-state index contributed by atoms with van der Waals surface area (Å²) in [5.41, 5.74) is -1.51. The normalized spacial score (nSPS) is 20.2. The fourth-order valence-corrected chi connectivity index (χ4v) is 2.67. The van der Waals surface area contributed by atoms with Crippen LogP contribution in [0.5, 0.6) is 11.5 Å². The molecule has 0 bridgehead atoms. The second kappa shape index (κ2) is 6.33. The van der Waals surface area contributed by atoms with Crippen molar-refractivity contribution in [2.75, 3.05) is 6.54 Å². The van der Waals surface area contributed by atoms with Gasteiger partial charge in [-0.3, -0.25) is 4.79 Å². The quantitative estimate of drug-likeness (QED) is 0.821. The lowest BCUT2D eigenvalue weighted by molar-refractivity contribution is -0.166. The molecule has 3 rings (SSSR count). The number of ether oxygens (including phenoxy) is 1. The predicted molar refractivity (Wildman–Crippen MR) is 85.6 cm³/mol. The molecule has 1 aliphatic heterocycles. The number of carboxylic acid groups (broad SMARTS) is 1. The molecule has 1 aliphatic rings. The first-order chi connectivity index (χ1) is 11.5. The summed E-state index contributed by atoms with van der Waals surface area (Å²) in [5, 5.41) is 18.9. The number of rotatable bonds is 5. The molecule has 0 aromatic heterocycles. The summed E-state index contributed by atoms with van der Waals surface area (Å²) in [4.78, 5) is 24.5. The molecule has 2 aromatic carbocycles.